The number of aliphatic hydroxyl groups is 1. The molecule has 0 amide bonds. The molecule has 0 aromatic rings. The zero-order chi connectivity index (χ0) is 17.0. The highest BCUT2D eigenvalue weighted by atomic mass is 28.3. The van der Waals surface area contributed by atoms with Crippen molar-refractivity contribution in [3.63, 3.8) is 0 Å². The van der Waals surface area contributed by atoms with Crippen LogP contribution in [0.3, 0.4) is 0 Å². The topological polar surface area (TPSA) is 51.2 Å². The molecule has 0 spiro atoms. The predicted octanol–water partition coefficient (Wildman–Crippen LogP) is 3.85. The van der Waals surface area contributed by atoms with Crippen LogP contribution < -0.4 is 0 Å². The third kappa shape index (κ3) is 10.5. The van der Waals surface area contributed by atoms with Gasteiger partial charge in [-0.1, -0.05) is 64.2 Å². The van der Waals surface area contributed by atoms with Crippen LogP contribution in [-0.4, -0.2) is 58.4 Å². The minimum absolute atomic E-state index is 0.0200. The summed E-state index contributed by atoms with van der Waals surface area (Å²) < 4.78 is 16.4. The van der Waals surface area contributed by atoms with E-state index >= 15 is 0 Å². The minimum Gasteiger partial charge on any atom is -0.394 e. The molecule has 1 aliphatic rings. The number of hydrogen-bond donors (Lipinski definition) is 1. The van der Waals surface area contributed by atoms with E-state index in [1.54, 1.807) is 0 Å². The van der Waals surface area contributed by atoms with Crippen LogP contribution in [0.4, 0.5) is 0 Å². The van der Waals surface area contributed by atoms with Crippen molar-refractivity contribution in [3.05, 3.63) is 0 Å². The molecule has 2 unspecified atom stereocenters. The smallest absolute Gasteiger partial charge is 0.104 e. The number of hydrogen-bond acceptors (Lipinski definition) is 4. The van der Waals surface area contributed by atoms with E-state index in [1.165, 1.54) is 43.8 Å². The highest BCUT2D eigenvalue weighted by Crippen LogP contribution is 2.27. The van der Waals surface area contributed by atoms with Crippen molar-refractivity contribution < 1.29 is 19.3 Å². The summed E-state index contributed by atoms with van der Waals surface area (Å²) in [6.45, 7) is 9.83. The molecular weight excluding hydrogens is 308 g/mol. The monoisotopic (exact) mass is 346 g/mol. The van der Waals surface area contributed by atoms with Gasteiger partial charge in [0.15, 0.2) is 0 Å². The van der Waals surface area contributed by atoms with Gasteiger partial charge in [-0.2, -0.15) is 0 Å². The van der Waals surface area contributed by atoms with E-state index in [4.69, 9.17) is 14.2 Å². The minimum atomic E-state index is -1.08. The number of aliphatic hydroxyl groups excluding tert-OH is 1. The molecule has 138 valence electrons. The molecule has 1 saturated heterocycles. The summed E-state index contributed by atoms with van der Waals surface area (Å²) in [5.41, 5.74) is 0. The molecule has 0 radical (unpaired) electrons. The molecule has 0 aromatic carbocycles. The van der Waals surface area contributed by atoms with Gasteiger partial charge in [-0.15, -0.1) is 0 Å². The first-order chi connectivity index (χ1) is 11.1. The van der Waals surface area contributed by atoms with Gasteiger partial charge in [0.25, 0.3) is 0 Å². The molecule has 1 heterocycles. The highest BCUT2D eigenvalue weighted by Gasteiger charge is 2.25. The molecule has 2 atom stereocenters. The molecule has 0 aliphatic carbocycles. The van der Waals surface area contributed by atoms with Gasteiger partial charge in [-0.3, -0.25) is 0 Å². The van der Waals surface area contributed by atoms with Gasteiger partial charge in [0.05, 0.1) is 34.5 Å². The summed E-state index contributed by atoms with van der Waals surface area (Å²) in [7, 11) is -1.08. The maximum Gasteiger partial charge on any atom is 0.104 e. The van der Waals surface area contributed by atoms with E-state index < -0.39 is 8.07 Å². The van der Waals surface area contributed by atoms with Crippen LogP contribution in [0.5, 0.6) is 0 Å². The SMILES string of the molecule is CCCC[Si](C)(CCCC)CCCOCC(CO)OCC1CO1. The summed E-state index contributed by atoms with van der Waals surface area (Å²) >= 11 is 0. The largest absolute Gasteiger partial charge is 0.394 e. The van der Waals surface area contributed by atoms with Crippen molar-refractivity contribution in [2.75, 3.05) is 33.0 Å². The Hall–Kier alpha value is 0.0569. The van der Waals surface area contributed by atoms with Crippen LogP contribution in [0.25, 0.3) is 0 Å². The predicted molar refractivity (Wildman–Crippen MR) is 97.9 cm³/mol. The van der Waals surface area contributed by atoms with E-state index in [2.05, 4.69) is 20.4 Å². The van der Waals surface area contributed by atoms with Crippen molar-refractivity contribution in [1.82, 2.24) is 0 Å². The number of unbranched alkanes of at least 4 members (excludes halogenated alkanes) is 2. The van der Waals surface area contributed by atoms with Crippen LogP contribution in [0.15, 0.2) is 0 Å². The van der Waals surface area contributed by atoms with Crippen LogP contribution in [-0.2, 0) is 14.2 Å². The van der Waals surface area contributed by atoms with E-state index in [1.807, 2.05) is 0 Å². The summed E-state index contributed by atoms with van der Waals surface area (Å²) in [5.74, 6) is 0. The second-order valence-corrected chi connectivity index (χ2v) is 12.4. The van der Waals surface area contributed by atoms with E-state index in [9.17, 15) is 5.11 Å². The van der Waals surface area contributed by atoms with E-state index in [0.717, 1.165) is 19.6 Å². The Balaban J connectivity index is 2.12. The Labute approximate surface area is 143 Å². The summed E-state index contributed by atoms with van der Waals surface area (Å²) in [4.78, 5) is 0. The van der Waals surface area contributed by atoms with E-state index in [0.29, 0.717) is 13.2 Å². The lowest BCUT2D eigenvalue weighted by Gasteiger charge is -2.27. The second-order valence-electron chi connectivity index (χ2n) is 7.29. The van der Waals surface area contributed by atoms with Gasteiger partial charge in [-0.25, -0.2) is 0 Å². The average molecular weight is 347 g/mol. The zero-order valence-corrected chi connectivity index (χ0v) is 16.5. The molecule has 0 aromatic heterocycles. The van der Waals surface area contributed by atoms with Gasteiger partial charge in [0, 0.05) is 6.61 Å². The van der Waals surface area contributed by atoms with Crippen molar-refractivity contribution in [1.29, 1.82) is 0 Å². The van der Waals surface area contributed by atoms with E-state index in [-0.39, 0.29) is 18.8 Å². The van der Waals surface area contributed by atoms with Crippen LogP contribution >= 0.6 is 0 Å². The fourth-order valence-electron chi connectivity index (χ4n) is 2.96. The first kappa shape index (κ1) is 21.1. The maximum atomic E-state index is 9.30. The fraction of sp³-hybridized carbons (Fsp3) is 1.00. The lowest BCUT2D eigenvalue weighted by atomic mass is 10.4. The molecule has 0 saturated carbocycles. The summed E-state index contributed by atoms with van der Waals surface area (Å²) in [5, 5.41) is 9.30. The quantitative estimate of drug-likeness (QED) is 0.262. The third-order valence-electron chi connectivity index (χ3n) is 4.76. The van der Waals surface area contributed by atoms with Crippen molar-refractivity contribution in [2.24, 2.45) is 0 Å². The Morgan fingerprint density at radius 2 is 1.74 bits per heavy atom. The lowest BCUT2D eigenvalue weighted by molar-refractivity contribution is -0.0460. The zero-order valence-electron chi connectivity index (χ0n) is 15.5. The van der Waals surface area contributed by atoms with Crippen LogP contribution in [0.1, 0.15) is 46.0 Å². The standard InChI is InChI=1S/C18H38O4Si/c1-4-6-10-23(3,11-7-5-2)12-8-9-20-14-17(13-19)21-15-18-16-22-18/h17-19H,4-16H2,1-3H3. The first-order valence-electron chi connectivity index (χ1n) is 9.55. The molecule has 1 N–H and O–H groups in total. The van der Waals surface area contributed by atoms with Crippen LogP contribution in [0, 0.1) is 0 Å². The van der Waals surface area contributed by atoms with Gasteiger partial charge >= 0.3 is 0 Å². The highest BCUT2D eigenvalue weighted by molar-refractivity contribution is 6.78. The number of epoxide rings is 1. The first-order valence-corrected chi connectivity index (χ1v) is 12.7. The van der Waals surface area contributed by atoms with Crippen molar-refractivity contribution >= 4 is 8.07 Å². The number of ether oxygens (including phenoxy) is 3. The Morgan fingerprint density at radius 1 is 1.13 bits per heavy atom. The Bertz CT molecular complexity index is 276. The van der Waals surface area contributed by atoms with Gasteiger partial charge in [0.2, 0.25) is 0 Å². The third-order valence-corrected chi connectivity index (χ3v) is 9.45. The Kier molecular flexibility index (Phi) is 11.4. The fourth-order valence-corrected chi connectivity index (χ4v) is 7.12. The number of rotatable bonds is 16. The van der Waals surface area contributed by atoms with Gasteiger partial charge in [-0.05, 0) is 6.42 Å². The molecular formula is C18H38O4Si. The van der Waals surface area contributed by atoms with Crippen LogP contribution in [0.2, 0.25) is 24.7 Å². The Morgan fingerprint density at radius 3 is 2.26 bits per heavy atom. The molecule has 0 bridgehead atoms. The second kappa shape index (κ2) is 12.4. The molecule has 1 aliphatic heterocycles. The molecule has 1 fully saturated rings. The molecule has 4 nitrogen and oxygen atoms in total. The van der Waals surface area contributed by atoms with Crippen molar-refractivity contribution in [2.45, 2.75) is 82.8 Å². The summed E-state index contributed by atoms with van der Waals surface area (Å²) in [6.07, 6.45) is 6.58. The average Bonchev–Trinajstić information content (AvgIpc) is 3.38. The normalized spacial score (nSPS) is 19.0. The molecule has 23 heavy (non-hydrogen) atoms. The molecule has 5 heteroatoms. The van der Waals surface area contributed by atoms with Crippen molar-refractivity contribution in [3.8, 4) is 0 Å². The maximum absolute atomic E-state index is 9.30. The lowest BCUT2D eigenvalue weighted by Crippen LogP contribution is -2.30. The molecule has 1 rings (SSSR count). The van der Waals surface area contributed by atoms with Gasteiger partial charge < -0.3 is 19.3 Å². The summed E-state index contributed by atoms with van der Waals surface area (Å²) in [6, 6.07) is 4.30. The van der Waals surface area contributed by atoms with Gasteiger partial charge in [0.1, 0.15) is 12.2 Å².